The summed E-state index contributed by atoms with van der Waals surface area (Å²) in [5.74, 6) is 1.12. The Hall–Kier alpha value is -2.68. The summed E-state index contributed by atoms with van der Waals surface area (Å²) < 4.78 is 0. The lowest BCUT2D eigenvalue weighted by molar-refractivity contribution is 0.192. The van der Waals surface area contributed by atoms with Crippen LogP contribution in [0.25, 0.3) is 0 Å². The minimum atomic E-state index is 0.0151. The Morgan fingerprint density at radius 1 is 0.789 bits per heavy atom. The van der Waals surface area contributed by atoms with E-state index in [-0.39, 0.29) is 28.1 Å². The summed E-state index contributed by atoms with van der Waals surface area (Å²) in [5, 5.41) is 8.98. The Balaban J connectivity index is 2.58. The molecule has 208 valence electrons. The van der Waals surface area contributed by atoms with Crippen LogP contribution in [-0.4, -0.2) is 29.7 Å². The molecule has 0 saturated heterocycles. The van der Waals surface area contributed by atoms with Crippen LogP contribution in [0.15, 0.2) is 66.2 Å². The first-order valence-corrected chi connectivity index (χ1v) is 14.5. The summed E-state index contributed by atoms with van der Waals surface area (Å²) in [7, 11) is 2.11. The fourth-order valence-corrected chi connectivity index (χ4v) is 5.28. The van der Waals surface area contributed by atoms with Crippen LogP contribution in [0.3, 0.4) is 0 Å². The second-order valence-electron chi connectivity index (χ2n) is 12.5. The highest BCUT2D eigenvalue weighted by Gasteiger charge is 2.30. The average Bonchev–Trinajstić information content (AvgIpc) is 2.92. The molecule has 2 rings (SSSR count). The van der Waals surface area contributed by atoms with Gasteiger partial charge >= 0.3 is 0 Å². The molecule has 0 amide bonds. The Kier molecular flexibility index (Phi) is 10.7. The van der Waals surface area contributed by atoms with Gasteiger partial charge in [0.1, 0.15) is 5.84 Å². The number of benzene rings is 2. The zero-order valence-electron chi connectivity index (χ0n) is 25.9. The maximum atomic E-state index is 8.98. The molecule has 1 atom stereocenters. The zero-order chi connectivity index (χ0) is 28.7. The number of nitrogens with zero attached hydrogens (tertiary/aromatic N) is 2. The smallest absolute Gasteiger partial charge is 0.154 e. The first-order valence-electron chi connectivity index (χ1n) is 14.5. The highest BCUT2D eigenvalue weighted by atomic mass is 15.2. The van der Waals surface area contributed by atoms with Crippen LogP contribution in [0.5, 0.6) is 0 Å². The highest BCUT2D eigenvalue weighted by Crippen LogP contribution is 2.33. The lowest BCUT2D eigenvalue weighted by atomic mass is 9.77. The van der Waals surface area contributed by atoms with Crippen molar-refractivity contribution in [2.45, 2.75) is 111 Å². The van der Waals surface area contributed by atoms with E-state index in [1.54, 1.807) is 0 Å². The monoisotopic (exact) mass is 515 g/mol. The van der Waals surface area contributed by atoms with Crippen LogP contribution in [0, 0.1) is 10.8 Å². The summed E-state index contributed by atoms with van der Waals surface area (Å²) in [6.07, 6.45) is 7.22. The quantitative estimate of drug-likeness (QED) is 0.181. The van der Waals surface area contributed by atoms with E-state index in [0.717, 1.165) is 49.1 Å². The Morgan fingerprint density at radius 3 is 1.53 bits per heavy atom. The highest BCUT2D eigenvalue weighted by molar-refractivity contribution is 6.10. The van der Waals surface area contributed by atoms with Crippen LogP contribution < -0.4 is 0 Å². The number of rotatable bonds is 11. The molecule has 0 spiro atoms. The molecule has 38 heavy (non-hydrogen) atoms. The average molecular weight is 516 g/mol. The molecule has 1 N–H and O–H groups in total. The second kappa shape index (κ2) is 12.9. The van der Waals surface area contributed by atoms with Crippen molar-refractivity contribution in [1.29, 1.82) is 5.41 Å². The summed E-state index contributed by atoms with van der Waals surface area (Å²) in [5.41, 5.74) is 4.89. The zero-order valence-corrected chi connectivity index (χ0v) is 25.9. The Morgan fingerprint density at radius 2 is 1.18 bits per heavy atom. The van der Waals surface area contributed by atoms with Gasteiger partial charge in [-0.3, -0.25) is 5.41 Å². The lowest BCUT2D eigenvalue weighted by Gasteiger charge is -2.39. The third kappa shape index (κ3) is 7.04. The van der Waals surface area contributed by atoms with Gasteiger partial charge in [-0.1, -0.05) is 117 Å². The first kappa shape index (κ1) is 31.5. The number of hydrogen-bond donors (Lipinski definition) is 1. The van der Waals surface area contributed by atoms with Gasteiger partial charge in [0.15, 0.2) is 5.84 Å². The first-order chi connectivity index (χ1) is 17.8. The van der Waals surface area contributed by atoms with Crippen molar-refractivity contribution in [3.05, 3.63) is 83.4 Å². The molecule has 2 aromatic carbocycles. The van der Waals surface area contributed by atoms with Gasteiger partial charge < -0.3 is 4.90 Å². The minimum absolute atomic E-state index is 0.0151. The molecule has 3 heteroatoms. The van der Waals surface area contributed by atoms with Gasteiger partial charge in [-0.05, 0) is 59.5 Å². The molecule has 2 aromatic rings. The number of amidine groups is 2. The molecular formula is C35H53N3. The predicted octanol–water partition coefficient (Wildman–Crippen LogP) is 9.54. The Bertz CT molecular complexity index is 1080. The van der Waals surface area contributed by atoms with E-state index in [4.69, 9.17) is 10.4 Å². The van der Waals surface area contributed by atoms with Crippen molar-refractivity contribution in [2.24, 2.45) is 10.4 Å². The van der Waals surface area contributed by atoms with Gasteiger partial charge in [0, 0.05) is 24.2 Å². The molecule has 3 nitrogen and oxygen atoms in total. The second-order valence-corrected chi connectivity index (χ2v) is 12.5. The van der Waals surface area contributed by atoms with Crippen LogP contribution in [-0.2, 0) is 10.8 Å². The van der Waals surface area contributed by atoms with Gasteiger partial charge in [0.2, 0.25) is 0 Å². The van der Waals surface area contributed by atoms with Crippen LogP contribution in [0.4, 0.5) is 0 Å². The van der Waals surface area contributed by atoms with E-state index >= 15 is 0 Å². The molecule has 1 unspecified atom stereocenters. The van der Waals surface area contributed by atoms with E-state index in [2.05, 4.69) is 129 Å². The van der Waals surface area contributed by atoms with E-state index in [9.17, 15) is 0 Å². The topological polar surface area (TPSA) is 39.5 Å². The molecule has 0 aromatic heterocycles. The van der Waals surface area contributed by atoms with Gasteiger partial charge in [0.25, 0.3) is 0 Å². The third-order valence-corrected chi connectivity index (χ3v) is 9.23. The summed E-state index contributed by atoms with van der Waals surface area (Å²) in [6, 6.07) is 17.5. The van der Waals surface area contributed by atoms with Crippen LogP contribution >= 0.6 is 0 Å². The molecule has 0 aliphatic rings. The van der Waals surface area contributed by atoms with Crippen molar-refractivity contribution in [1.82, 2.24) is 4.90 Å². The molecular weight excluding hydrogens is 462 g/mol. The molecule has 0 bridgehead atoms. The normalized spacial score (nSPS) is 13.8. The molecule has 0 heterocycles. The van der Waals surface area contributed by atoms with E-state index in [1.807, 2.05) is 6.08 Å². The van der Waals surface area contributed by atoms with E-state index in [0.29, 0.717) is 0 Å². The lowest BCUT2D eigenvalue weighted by Crippen LogP contribution is -2.45. The SMILES string of the molecule is C=CCC(N(C)C(=NC(=N)c1ccc(C(C)(CC)CC)cc1)c1ccc(C(C)(CC)CC)cc1)C(C)(C)C. The van der Waals surface area contributed by atoms with Gasteiger partial charge in [-0.2, -0.15) is 0 Å². The molecule has 0 saturated carbocycles. The van der Waals surface area contributed by atoms with Crippen molar-refractivity contribution in [2.75, 3.05) is 7.05 Å². The van der Waals surface area contributed by atoms with Gasteiger partial charge in [0.05, 0.1) is 0 Å². The minimum Gasteiger partial charge on any atom is -0.355 e. The Labute approximate surface area is 234 Å². The number of hydrogen-bond acceptors (Lipinski definition) is 1. The fourth-order valence-electron chi connectivity index (χ4n) is 5.28. The molecule has 0 aliphatic heterocycles. The number of aliphatic imine (C=N–C) groups is 1. The van der Waals surface area contributed by atoms with Crippen LogP contribution in [0.1, 0.15) is 117 Å². The summed E-state index contributed by atoms with van der Waals surface area (Å²) in [4.78, 5) is 7.24. The van der Waals surface area contributed by atoms with E-state index < -0.39 is 0 Å². The van der Waals surface area contributed by atoms with Crippen molar-refractivity contribution >= 4 is 11.7 Å². The maximum absolute atomic E-state index is 8.98. The van der Waals surface area contributed by atoms with E-state index in [1.165, 1.54) is 11.1 Å². The largest absolute Gasteiger partial charge is 0.355 e. The van der Waals surface area contributed by atoms with Crippen LogP contribution in [0.2, 0.25) is 0 Å². The number of nitrogens with one attached hydrogen (secondary N) is 1. The molecule has 0 aliphatic carbocycles. The standard InChI is InChI=1S/C35H53N3/c1-12-17-30(33(6,7)8)38(11)32(27-20-24-29(25-21-27)35(10,15-4)16-5)37-31(36)26-18-22-28(23-19-26)34(9,13-2)14-3/h12,18-25,30,36H,1,13-17H2,2-11H3. The maximum Gasteiger partial charge on any atom is 0.154 e. The summed E-state index contributed by atoms with van der Waals surface area (Å²) in [6.45, 7) is 24.5. The van der Waals surface area contributed by atoms with Crippen molar-refractivity contribution < 1.29 is 0 Å². The molecule has 0 fully saturated rings. The van der Waals surface area contributed by atoms with Crippen molar-refractivity contribution in [3.8, 4) is 0 Å². The predicted molar refractivity (Wildman–Crippen MR) is 168 cm³/mol. The van der Waals surface area contributed by atoms with Gasteiger partial charge in [-0.25, -0.2) is 4.99 Å². The third-order valence-electron chi connectivity index (χ3n) is 9.23. The molecule has 0 radical (unpaired) electrons. The fraction of sp³-hybridized carbons (Fsp3) is 0.543. The summed E-state index contributed by atoms with van der Waals surface area (Å²) >= 11 is 0. The van der Waals surface area contributed by atoms with Gasteiger partial charge in [-0.15, -0.1) is 6.58 Å². The van der Waals surface area contributed by atoms with Crippen molar-refractivity contribution in [3.63, 3.8) is 0 Å².